The summed E-state index contributed by atoms with van der Waals surface area (Å²) in [6.45, 7) is 15.5. The number of fused-ring (bicyclic) bond motifs is 6. The van der Waals surface area contributed by atoms with Crippen LogP contribution in [0, 0.1) is 0 Å². The van der Waals surface area contributed by atoms with Crippen LogP contribution >= 0.6 is 0 Å². The van der Waals surface area contributed by atoms with Gasteiger partial charge in [-0.25, -0.2) is 0 Å². The Hall–Kier alpha value is -0.407. The molecule has 4 aliphatic rings. The predicted molar refractivity (Wildman–Crippen MR) is 263 cm³/mol. The fourth-order valence-electron chi connectivity index (χ4n) is 6.96. The molecule has 0 amide bonds. The van der Waals surface area contributed by atoms with E-state index in [1.165, 1.54) is 44.5 Å². The van der Waals surface area contributed by atoms with Gasteiger partial charge in [0.15, 0.2) is 0 Å². The van der Waals surface area contributed by atoms with Crippen LogP contribution in [-0.2, 0) is 79.2 Å². The minimum Gasteiger partial charge on any atom is -0.382 e. The number of hydrogen-bond acceptors (Lipinski definition) is 14. The summed E-state index contributed by atoms with van der Waals surface area (Å²) in [4.78, 5) is 0. The van der Waals surface area contributed by atoms with E-state index in [1.54, 1.807) is 14.2 Å². The van der Waals surface area contributed by atoms with Crippen LogP contribution in [0.3, 0.4) is 0 Å². The van der Waals surface area contributed by atoms with Gasteiger partial charge in [-0.15, -0.1) is 0 Å². The van der Waals surface area contributed by atoms with E-state index in [2.05, 4.69) is 107 Å². The van der Waals surface area contributed by atoms with Crippen LogP contribution in [0.4, 0.5) is 0 Å². The molecule has 0 atom stereocenters. The van der Waals surface area contributed by atoms with Gasteiger partial charge in [-0.1, -0.05) is 97.1 Å². The molecule has 70 heavy (non-hydrogen) atoms. The molecule has 8 rings (SSSR count). The molecule has 16 heteroatoms. The molecule has 14 nitrogen and oxygen atoms in total. The third-order valence-electron chi connectivity index (χ3n) is 10.4. The molecule has 0 spiro atoms. The van der Waals surface area contributed by atoms with E-state index >= 15 is 0 Å². The first-order valence-corrected chi connectivity index (χ1v) is 24.0. The van der Waals surface area contributed by atoms with Gasteiger partial charge in [0.05, 0.1) is 172 Å². The van der Waals surface area contributed by atoms with Crippen LogP contribution < -0.4 is 103 Å². The van der Waals surface area contributed by atoms with E-state index in [-0.39, 0.29) is 103 Å². The van der Waals surface area contributed by atoms with Gasteiger partial charge in [-0.2, -0.15) is 0 Å². The Labute approximate surface area is 503 Å². The van der Waals surface area contributed by atoms with E-state index in [0.717, 1.165) is 12.8 Å². The quantitative estimate of drug-likeness (QED) is 0.185. The first kappa shape index (κ1) is 65.7. The van der Waals surface area contributed by atoms with Crippen molar-refractivity contribution in [2.24, 2.45) is 0 Å². The van der Waals surface area contributed by atoms with Crippen LogP contribution in [0.1, 0.15) is 22.3 Å². The molecule has 378 valence electrons. The monoisotopic (exact) mass is 1030 g/mol. The number of benzene rings is 4. The Morgan fingerprint density at radius 2 is 0.400 bits per heavy atom. The van der Waals surface area contributed by atoms with Crippen molar-refractivity contribution in [3.05, 3.63) is 119 Å². The smallest absolute Gasteiger partial charge is 0.382 e. The van der Waals surface area contributed by atoms with Crippen molar-refractivity contribution in [1.29, 1.82) is 0 Å². The van der Waals surface area contributed by atoms with Crippen molar-refractivity contribution in [2.45, 2.75) is 12.8 Å². The number of rotatable bonds is 3. The predicted octanol–water partition coefficient (Wildman–Crippen LogP) is 1.00. The second kappa shape index (κ2) is 47.1. The molecule has 0 N–H and O–H groups in total. The second-order valence-corrected chi connectivity index (χ2v) is 15.3. The van der Waals surface area contributed by atoms with E-state index in [0.29, 0.717) is 172 Å². The molecule has 2 saturated heterocycles. The Balaban J connectivity index is 0.000000307. The van der Waals surface area contributed by atoms with Crippen molar-refractivity contribution in [1.82, 2.24) is 0 Å². The SMILES string of the molecule is C1COCCOCCOCCOCCOCCO1.C1COCCOCCOCCOCCOCCO1.COCCOC.[K+].[K+].c1ccc2c(c1)Cc1ccccc1-2.c1ccc2c(c1)Cc1ccccc1-2. The first-order valence-electron chi connectivity index (χ1n) is 24.0. The maximum atomic E-state index is 5.33. The first-order chi connectivity index (χ1) is 33.8. The fraction of sp³-hybridized carbons (Fsp3) is 0.556. The van der Waals surface area contributed by atoms with Crippen molar-refractivity contribution in [2.75, 3.05) is 186 Å². The van der Waals surface area contributed by atoms with Crippen molar-refractivity contribution < 1.29 is 169 Å². The van der Waals surface area contributed by atoms with Gasteiger partial charge in [0.25, 0.3) is 0 Å². The molecule has 0 unspecified atom stereocenters. The third-order valence-corrected chi connectivity index (χ3v) is 10.4. The number of ether oxygens (including phenoxy) is 14. The third kappa shape index (κ3) is 30.8. The van der Waals surface area contributed by atoms with Crippen LogP contribution in [0.2, 0.25) is 0 Å². The average molecular weight is 1030 g/mol. The van der Waals surface area contributed by atoms with Crippen LogP contribution in [0.15, 0.2) is 97.1 Å². The van der Waals surface area contributed by atoms with Gasteiger partial charge >= 0.3 is 103 Å². The van der Waals surface area contributed by atoms with E-state index in [4.69, 9.17) is 56.8 Å². The minimum absolute atomic E-state index is 0. The normalized spacial score (nSPS) is 17.7. The van der Waals surface area contributed by atoms with Crippen LogP contribution in [0.5, 0.6) is 0 Å². The standard InChI is InChI=1S/2C13H10.2C12H24O6.C4H10O2.2K/c2*1-3-7-12-10(5-1)9-11-6-2-4-8-13(11)12;2*1-2-14-5-6-16-9-10-18-12-11-17-8-7-15-4-3-13-1;1-5-3-4-6-2;;/h2*1-8H,9H2;2*1-12H2;3-4H2,1-2H3;;/q;;;;;2*+1. The second-order valence-electron chi connectivity index (χ2n) is 15.3. The summed E-state index contributed by atoms with van der Waals surface area (Å²) in [7, 11) is 3.30. The van der Waals surface area contributed by atoms with Gasteiger partial charge < -0.3 is 66.3 Å². The fourth-order valence-corrected chi connectivity index (χ4v) is 6.96. The summed E-state index contributed by atoms with van der Waals surface area (Å²) < 4.78 is 73.2. The molecule has 0 bridgehead atoms. The summed E-state index contributed by atoms with van der Waals surface area (Å²) >= 11 is 0. The molecular weight excluding hydrogens is 951 g/mol. The molecule has 2 fully saturated rings. The Morgan fingerprint density at radius 3 is 0.543 bits per heavy atom. The maximum absolute atomic E-state index is 5.33. The summed E-state index contributed by atoms with van der Waals surface area (Å²) in [6, 6.07) is 34.6. The van der Waals surface area contributed by atoms with Gasteiger partial charge in [0, 0.05) is 14.2 Å². The molecule has 4 aromatic rings. The zero-order valence-electron chi connectivity index (χ0n) is 42.8. The van der Waals surface area contributed by atoms with Gasteiger partial charge in [0.1, 0.15) is 0 Å². The van der Waals surface area contributed by atoms with E-state index in [1.807, 2.05) is 0 Å². The molecule has 4 aromatic carbocycles. The number of methoxy groups -OCH3 is 2. The Kier molecular flexibility index (Phi) is 44.2. The van der Waals surface area contributed by atoms with Crippen molar-refractivity contribution in [3.63, 3.8) is 0 Å². The molecule has 2 heterocycles. The van der Waals surface area contributed by atoms with E-state index < -0.39 is 0 Å². The molecular formula is C54H78K2O14+2. The van der Waals surface area contributed by atoms with Gasteiger partial charge in [0.2, 0.25) is 0 Å². The van der Waals surface area contributed by atoms with Crippen LogP contribution in [-0.4, -0.2) is 186 Å². The van der Waals surface area contributed by atoms with Crippen molar-refractivity contribution in [3.8, 4) is 22.3 Å². The van der Waals surface area contributed by atoms with Crippen molar-refractivity contribution >= 4 is 0 Å². The molecule has 2 aliphatic heterocycles. The molecule has 0 radical (unpaired) electrons. The number of hydrogen-bond donors (Lipinski definition) is 0. The largest absolute Gasteiger partial charge is 1.00 e. The van der Waals surface area contributed by atoms with Gasteiger partial charge in [-0.3, -0.25) is 0 Å². The average Bonchev–Trinajstić information content (AvgIpc) is 3.95. The summed E-state index contributed by atoms with van der Waals surface area (Å²) in [5.74, 6) is 0. The zero-order valence-corrected chi connectivity index (χ0v) is 49.0. The Bertz CT molecular complexity index is 1440. The summed E-state index contributed by atoms with van der Waals surface area (Å²) in [5, 5.41) is 0. The van der Waals surface area contributed by atoms with Gasteiger partial charge in [-0.05, 0) is 57.3 Å². The van der Waals surface area contributed by atoms with Crippen LogP contribution in [0.25, 0.3) is 22.3 Å². The van der Waals surface area contributed by atoms with E-state index in [9.17, 15) is 0 Å². The summed E-state index contributed by atoms with van der Waals surface area (Å²) in [6.07, 6.45) is 2.21. The topological polar surface area (TPSA) is 129 Å². The minimum atomic E-state index is 0. The maximum Gasteiger partial charge on any atom is 1.00 e. The Morgan fingerprint density at radius 1 is 0.257 bits per heavy atom. The molecule has 2 aliphatic carbocycles. The summed E-state index contributed by atoms with van der Waals surface area (Å²) in [5.41, 5.74) is 11.5. The molecule has 0 aromatic heterocycles. The molecule has 0 saturated carbocycles. The zero-order chi connectivity index (χ0) is 47.6.